The number of methoxy groups -OCH3 is 2. The van der Waals surface area contributed by atoms with Crippen LogP contribution in [0.1, 0.15) is 29.7 Å². The van der Waals surface area contributed by atoms with Crippen molar-refractivity contribution < 1.29 is 18.8 Å². The molecule has 1 aromatic carbocycles. The molecule has 166 valence electrons. The summed E-state index contributed by atoms with van der Waals surface area (Å²) in [6, 6.07) is 8.85. The highest BCUT2D eigenvalue weighted by atomic mass is 32.1. The van der Waals surface area contributed by atoms with Crippen LogP contribution < -0.4 is 14.8 Å². The molecule has 0 aliphatic carbocycles. The fourth-order valence-electron chi connectivity index (χ4n) is 3.26. The van der Waals surface area contributed by atoms with E-state index < -0.39 is 6.04 Å². The molecule has 0 saturated carbocycles. The van der Waals surface area contributed by atoms with Gasteiger partial charge in [0, 0.05) is 38.3 Å². The Labute approximate surface area is 189 Å². The lowest BCUT2D eigenvalue weighted by Gasteiger charge is -2.20. The van der Waals surface area contributed by atoms with Crippen LogP contribution in [0.4, 0.5) is 0 Å². The maximum Gasteiger partial charge on any atom is 0.227 e. The van der Waals surface area contributed by atoms with Crippen LogP contribution in [0.5, 0.6) is 11.5 Å². The number of carbonyl (C=O) groups is 1. The zero-order valence-corrected chi connectivity index (χ0v) is 18.8. The molecule has 4 rings (SSSR count). The van der Waals surface area contributed by atoms with Crippen molar-refractivity contribution in [2.45, 2.75) is 18.9 Å². The van der Waals surface area contributed by atoms with Crippen LogP contribution in [0.25, 0.3) is 10.7 Å². The zero-order valence-electron chi connectivity index (χ0n) is 17.9. The quantitative estimate of drug-likeness (QED) is 0.414. The number of ether oxygens (including phenoxy) is 2. The number of rotatable bonds is 9. The molecule has 10 heteroatoms. The first-order valence-electron chi connectivity index (χ1n) is 9.93. The van der Waals surface area contributed by atoms with Crippen LogP contribution in [0.2, 0.25) is 0 Å². The van der Waals surface area contributed by atoms with Crippen LogP contribution in [0.3, 0.4) is 0 Å². The van der Waals surface area contributed by atoms with Crippen molar-refractivity contribution in [3.05, 3.63) is 65.4 Å². The van der Waals surface area contributed by atoms with Gasteiger partial charge in [-0.05, 0) is 29.1 Å². The number of aryl methyl sites for hydroxylation is 2. The molecule has 1 N–H and O–H groups in total. The minimum absolute atomic E-state index is 0.171. The molecule has 1 atom stereocenters. The fourth-order valence-corrected chi connectivity index (χ4v) is 3.91. The van der Waals surface area contributed by atoms with Crippen molar-refractivity contribution in [1.82, 2.24) is 25.0 Å². The first-order chi connectivity index (χ1) is 15.6. The number of nitrogens with zero attached hydrogens (tertiary/aromatic N) is 4. The number of thiophene rings is 1. The van der Waals surface area contributed by atoms with E-state index in [1.807, 2.05) is 47.5 Å². The molecule has 0 fully saturated rings. The second kappa shape index (κ2) is 9.65. The average molecular weight is 454 g/mol. The lowest BCUT2D eigenvalue weighted by Crippen LogP contribution is -2.31. The molecule has 0 spiro atoms. The van der Waals surface area contributed by atoms with Crippen molar-refractivity contribution >= 4 is 17.2 Å². The first kappa shape index (κ1) is 21.6. The number of hydrogen-bond acceptors (Lipinski definition) is 8. The number of hydrogen-bond donors (Lipinski definition) is 1. The van der Waals surface area contributed by atoms with E-state index in [1.54, 1.807) is 26.5 Å². The summed E-state index contributed by atoms with van der Waals surface area (Å²) in [5.41, 5.74) is 0.793. The molecule has 0 aliphatic rings. The maximum atomic E-state index is 12.9. The number of carbonyl (C=O) groups excluding carboxylic acids is 1. The summed E-state index contributed by atoms with van der Waals surface area (Å²) < 4.78 is 17.9. The van der Waals surface area contributed by atoms with E-state index in [9.17, 15) is 4.79 Å². The topological polar surface area (TPSA) is 104 Å². The van der Waals surface area contributed by atoms with Gasteiger partial charge in [-0.2, -0.15) is 4.98 Å². The number of amides is 1. The Bertz CT molecular complexity index is 1160. The van der Waals surface area contributed by atoms with E-state index in [4.69, 9.17) is 14.0 Å². The molecule has 4 aromatic rings. The van der Waals surface area contributed by atoms with E-state index in [0.717, 1.165) is 10.4 Å². The summed E-state index contributed by atoms with van der Waals surface area (Å²) in [7, 11) is 5.05. The summed E-state index contributed by atoms with van der Waals surface area (Å²) >= 11 is 1.53. The first-order valence-corrected chi connectivity index (χ1v) is 10.8. The largest absolute Gasteiger partial charge is 0.497 e. The molecule has 3 heterocycles. The van der Waals surface area contributed by atoms with Gasteiger partial charge in [0.2, 0.25) is 17.6 Å². The molecule has 3 aromatic heterocycles. The Morgan fingerprint density at radius 2 is 2.03 bits per heavy atom. The lowest BCUT2D eigenvalue weighted by molar-refractivity contribution is -0.121. The predicted octanol–water partition coefficient (Wildman–Crippen LogP) is 3.39. The molecule has 0 unspecified atom stereocenters. The van der Waals surface area contributed by atoms with Crippen LogP contribution in [0.15, 0.2) is 52.6 Å². The minimum Gasteiger partial charge on any atom is -0.497 e. The highest BCUT2D eigenvalue weighted by Crippen LogP contribution is 2.29. The van der Waals surface area contributed by atoms with E-state index in [-0.39, 0.29) is 12.3 Å². The van der Waals surface area contributed by atoms with Crippen LogP contribution in [-0.2, 0) is 18.3 Å². The monoisotopic (exact) mass is 453 g/mol. The smallest absolute Gasteiger partial charge is 0.227 e. The van der Waals surface area contributed by atoms with E-state index in [1.165, 1.54) is 11.3 Å². The number of imidazole rings is 1. The molecule has 1 amide bonds. The van der Waals surface area contributed by atoms with Gasteiger partial charge in [-0.25, -0.2) is 4.98 Å². The summed E-state index contributed by atoms with van der Waals surface area (Å²) in [4.78, 5) is 22.6. The average Bonchev–Trinajstić information content (AvgIpc) is 3.57. The molecule has 0 radical (unpaired) electrons. The molecule has 9 nitrogen and oxygen atoms in total. The van der Waals surface area contributed by atoms with Crippen molar-refractivity contribution in [3.8, 4) is 22.2 Å². The van der Waals surface area contributed by atoms with Crippen LogP contribution in [-0.4, -0.2) is 39.8 Å². The highest BCUT2D eigenvalue weighted by molar-refractivity contribution is 7.13. The van der Waals surface area contributed by atoms with Gasteiger partial charge in [0.15, 0.2) is 0 Å². The Kier molecular flexibility index (Phi) is 6.50. The number of aromatic nitrogens is 4. The van der Waals surface area contributed by atoms with Gasteiger partial charge in [0.05, 0.1) is 19.1 Å². The molecule has 0 bridgehead atoms. The third-order valence-electron chi connectivity index (χ3n) is 4.90. The zero-order chi connectivity index (χ0) is 22.5. The fraction of sp³-hybridized carbons (Fsp3) is 0.273. The van der Waals surface area contributed by atoms with E-state index in [2.05, 4.69) is 20.4 Å². The van der Waals surface area contributed by atoms with Crippen molar-refractivity contribution in [2.24, 2.45) is 7.05 Å². The van der Waals surface area contributed by atoms with Crippen molar-refractivity contribution in [3.63, 3.8) is 0 Å². The van der Waals surface area contributed by atoms with Gasteiger partial charge in [-0.3, -0.25) is 4.79 Å². The molecular weight excluding hydrogens is 430 g/mol. The second-order valence-corrected chi connectivity index (χ2v) is 7.98. The number of benzene rings is 1. The second-order valence-electron chi connectivity index (χ2n) is 7.03. The molecule has 32 heavy (non-hydrogen) atoms. The Morgan fingerprint density at radius 1 is 1.25 bits per heavy atom. The van der Waals surface area contributed by atoms with E-state index >= 15 is 0 Å². The summed E-state index contributed by atoms with van der Waals surface area (Å²) in [6.07, 6.45) is 4.04. The SMILES string of the molecule is COc1cc(OC)cc([C@@H](NC(=O)CCc2nc(-c3cccs3)no2)c2nccn2C)c1. The highest BCUT2D eigenvalue weighted by Gasteiger charge is 2.23. The normalized spacial score (nSPS) is 11.8. The Balaban J connectivity index is 1.50. The van der Waals surface area contributed by atoms with Gasteiger partial charge in [-0.15, -0.1) is 11.3 Å². The predicted molar refractivity (Wildman–Crippen MR) is 119 cm³/mol. The number of nitrogens with one attached hydrogen (secondary N) is 1. The van der Waals surface area contributed by atoms with Gasteiger partial charge in [0.1, 0.15) is 23.4 Å². The molecular formula is C22H23N5O4S. The maximum absolute atomic E-state index is 12.9. The third-order valence-corrected chi connectivity index (χ3v) is 5.77. The Morgan fingerprint density at radius 3 is 2.66 bits per heavy atom. The van der Waals surface area contributed by atoms with Gasteiger partial charge in [-0.1, -0.05) is 11.2 Å². The Hall–Kier alpha value is -3.66. The van der Waals surface area contributed by atoms with Crippen LogP contribution >= 0.6 is 11.3 Å². The summed E-state index contributed by atoms with van der Waals surface area (Å²) in [5.74, 6) is 2.71. The van der Waals surface area contributed by atoms with Crippen molar-refractivity contribution in [2.75, 3.05) is 14.2 Å². The van der Waals surface area contributed by atoms with Gasteiger partial charge < -0.3 is 23.9 Å². The summed E-state index contributed by atoms with van der Waals surface area (Å²) in [5, 5.41) is 9.00. The van der Waals surface area contributed by atoms with Gasteiger partial charge in [0.25, 0.3) is 0 Å². The molecule has 0 saturated heterocycles. The molecule has 0 aliphatic heterocycles. The standard InChI is InChI=1S/C22H23N5O4S/c1-27-9-8-23-22(27)20(14-11-15(29-2)13-16(12-14)30-3)24-18(28)6-7-19-25-21(26-31-19)17-5-4-10-32-17/h4-5,8-13,20H,6-7H2,1-3H3,(H,24,28)/t20-/m1/s1. The van der Waals surface area contributed by atoms with E-state index in [0.29, 0.717) is 35.5 Å². The summed E-state index contributed by atoms with van der Waals surface area (Å²) in [6.45, 7) is 0. The lowest BCUT2D eigenvalue weighted by atomic mass is 10.0. The minimum atomic E-state index is -0.490. The van der Waals surface area contributed by atoms with Crippen molar-refractivity contribution in [1.29, 1.82) is 0 Å². The van der Waals surface area contributed by atoms with Crippen LogP contribution in [0, 0.1) is 0 Å². The van der Waals surface area contributed by atoms with Gasteiger partial charge >= 0.3 is 0 Å². The third kappa shape index (κ3) is 4.80.